The number of aryl methyl sites for hydroxylation is 2. The van der Waals surface area contributed by atoms with Crippen molar-refractivity contribution in [3.8, 4) is 5.75 Å². The summed E-state index contributed by atoms with van der Waals surface area (Å²) in [7, 11) is 0. The lowest BCUT2D eigenvalue weighted by atomic mass is 10.2. The third-order valence-electron chi connectivity index (χ3n) is 3.77. The Morgan fingerprint density at radius 3 is 2.54 bits per heavy atom. The minimum absolute atomic E-state index is 0.131. The van der Waals surface area contributed by atoms with Gasteiger partial charge in [0.15, 0.2) is 5.69 Å². The van der Waals surface area contributed by atoms with E-state index in [0.29, 0.717) is 32.8 Å². The number of para-hydroxylation sites is 1. The SMILES string of the molecule is Cc1cccc(OCc2c(C(=O)Nc3c(Cl)cccc3Cl)noc2C)c1. The summed E-state index contributed by atoms with van der Waals surface area (Å²) in [6.07, 6.45) is 0. The van der Waals surface area contributed by atoms with Crippen LogP contribution in [0.1, 0.15) is 27.4 Å². The van der Waals surface area contributed by atoms with E-state index < -0.39 is 5.91 Å². The van der Waals surface area contributed by atoms with Gasteiger partial charge in [0.25, 0.3) is 5.91 Å². The van der Waals surface area contributed by atoms with Crippen LogP contribution in [0.25, 0.3) is 0 Å². The number of amides is 1. The molecule has 0 aliphatic rings. The standard InChI is InChI=1S/C19H16Cl2N2O3/c1-11-5-3-6-13(9-11)25-10-14-12(2)26-23-17(14)19(24)22-18-15(20)7-4-8-16(18)21/h3-9H,10H2,1-2H3,(H,22,24). The maximum Gasteiger partial charge on any atom is 0.278 e. The molecule has 0 spiro atoms. The number of anilines is 1. The van der Waals surface area contributed by atoms with Crippen LogP contribution in [-0.2, 0) is 6.61 Å². The average Bonchev–Trinajstić information content (AvgIpc) is 2.97. The first-order valence-electron chi connectivity index (χ1n) is 7.85. The fourth-order valence-electron chi connectivity index (χ4n) is 2.39. The number of carbonyl (C=O) groups is 1. The monoisotopic (exact) mass is 390 g/mol. The number of ether oxygens (including phenoxy) is 1. The Morgan fingerprint density at radius 1 is 1.15 bits per heavy atom. The molecule has 3 aromatic rings. The molecule has 0 fully saturated rings. The normalized spacial score (nSPS) is 10.6. The number of halogens is 2. The summed E-state index contributed by atoms with van der Waals surface area (Å²) >= 11 is 12.2. The van der Waals surface area contributed by atoms with Crippen molar-refractivity contribution in [2.75, 3.05) is 5.32 Å². The van der Waals surface area contributed by atoms with Gasteiger partial charge in [0.05, 0.1) is 21.3 Å². The van der Waals surface area contributed by atoms with Crippen LogP contribution in [0.4, 0.5) is 5.69 Å². The van der Waals surface area contributed by atoms with Gasteiger partial charge in [-0.05, 0) is 43.7 Å². The van der Waals surface area contributed by atoms with Crippen LogP contribution in [-0.4, -0.2) is 11.1 Å². The van der Waals surface area contributed by atoms with Crippen LogP contribution in [0.2, 0.25) is 10.0 Å². The van der Waals surface area contributed by atoms with Crippen molar-refractivity contribution in [1.29, 1.82) is 0 Å². The van der Waals surface area contributed by atoms with Crippen molar-refractivity contribution in [3.05, 3.63) is 75.1 Å². The third kappa shape index (κ3) is 4.00. The van der Waals surface area contributed by atoms with Crippen LogP contribution in [0.15, 0.2) is 47.0 Å². The number of nitrogens with one attached hydrogen (secondary N) is 1. The van der Waals surface area contributed by atoms with E-state index in [9.17, 15) is 4.79 Å². The number of carbonyl (C=O) groups excluding carboxylic acids is 1. The molecule has 1 heterocycles. The van der Waals surface area contributed by atoms with E-state index in [4.69, 9.17) is 32.5 Å². The van der Waals surface area contributed by atoms with Gasteiger partial charge in [0, 0.05) is 0 Å². The molecule has 0 saturated carbocycles. The molecule has 1 aromatic heterocycles. The van der Waals surface area contributed by atoms with E-state index in [0.717, 1.165) is 5.56 Å². The predicted molar refractivity (Wildman–Crippen MR) is 101 cm³/mol. The summed E-state index contributed by atoms with van der Waals surface area (Å²) in [5.74, 6) is 0.735. The molecule has 0 aliphatic heterocycles. The highest BCUT2D eigenvalue weighted by Crippen LogP contribution is 2.30. The first-order valence-corrected chi connectivity index (χ1v) is 8.61. The van der Waals surface area contributed by atoms with Gasteiger partial charge >= 0.3 is 0 Å². The van der Waals surface area contributed by atoms with Gasteiger partial charge in [0.1, 0.15) is 18.1 Å². The van der Waals surface area contributed by atoms with Crippen LogP contribution < -0.4 is 10.1 Å². The van der Waals surface area contributed by atoms with Crippen molar-refractivity contribution in [2.24, 2.45) is 0 Å². The summed E-state index contributed by atoms with van der Waals surface area (Å²) in [6.45, 7) is 3.85. The molecule has 134 valence electrons. The lowest BCUT2D eigenvalue weighted by Gasteiger charge is -2.09. The highest BCUT2D eigenvalue weighted by molar-refractivity contribution is 6.40. The molecule has 0 atom stereocenters. The number of aromatic nitrogens is 1. The minimum atomic E-state index is -0.473. The van der Waals surface area contributed by atoms with E-state index in [2.05, 4.69) is 10.5 Å². The van der Waals surface area contributed by atoms with E-state index >= 15 is 0 Å². The number of hydrogen-bond donors (Lipinski definition) is 1. The van der Waals surface area contributed by atoms with E-state index in [-0.39, 0.29) is 12.3 Å². The Morgan fingerprint density at radius 2 is 1.85 bits per heavy atom. The second-order valence-corrected chi connectivity index (χ2v) is 6.54. The van der Waals surface area contributed by atoms with Gasteiger partial charge in [0.2, 0.25) is 0 Å². The molecule has 7 heteroatoms. The van der Waals surface area contributed by atoms with E-state index in [1.54, 1.807) is 25.1 Å². The fraction of sp³-hybridized carbons (Fsp3) is 0.158. The number of rotatable bonds is 5. The van der Waals surface area contributed by atoms with Crippen molar-refractivity contribution < 1.29 is 14.1 Å². The first kappa shape index (κ1) is 18.3. The summed E-state index contributed by atoms with van der Waals surface area (Å²) in [5.41, 5.74) is 2.10. The Balaban J connectivity index is 1.79. The molecule has 0 radical (unpaired) electrons. The summed E-state index contributed by atoms with van der Waals surface area (Å²) < 4.78 is 10.9. The highest BCUT2D eigenvalue weighted by Gasteiger charge is 2.22. The maximum atomic E-state index is 12.6. The van der Waals surface area contributed by atoms with Crippen LogP contribution in [0, 0.1) is 13.8 Å². The predicted octanol–water partition coefficient (Wildman–Crippen LogP) is 5.43. The number of hydrogen-bond acceptors (Lipinski definition) is 4. The lowest BCUT2D eigenvalue weighted by molar-refractivity contribution is 0.101. The largest absolute Gasteiger partial charge is 0.489 e. The Kier molecular flexibility index (Phi) is 5.49. The lowest BCUT2D eigenvalue weighted by Crippen LogP contribution is -2.16. The van der Waals surface area contributed by atoms with Crippen molar-refractivity contribution in [2.45, 2.75) is 20.5 Å². The molecule has 5 nitrogen and oxygen atoms in total. The molecule has 26 heavy (non-hydrogen) atoms. The van der Waals surface area contributed by atoms with Crippen LogP contribution in [0.5, 0.6) is 5.75 Å². The van der Waals surface area contributed by atoms with E-state index in [1.165, 1.54) is 0 Å². The Bertz CT molecular complexity index is 933. The zero-order valence-corrected chi connectivity index (χ0v) is 15.7. The Hall–Kier alpha value is -2.50. The molecular formula is C19H16Cl2N2O3. The minimum Gasteiger partial charge on any atom is -0.489 e. The molecule has 0 bridgehead atoms. The van der Waals surface area contributed by atoms with Crippen molar-refractivity contribution >= 4 is 34.8 Å². The maximum absolute atomic E-state index is 12.6. The molecular weight excluding hydrogens is 375 g/mol. The van der Waals surface area contributed by atoms with Gasteiger partial charge in [-0.2, -0.15) is 0 Å². The molecule has 1 amide bonds. The summed E-state index contributed by atoms with van der Waals surface area (Å²) in [6, 6.07) is 12.6. The first-order chi connectivity index (χ1) is 12.5. The second kappa shape index (κ2) is 7.81. The van der Waals surface area contributed by atoms with Gasteiger partial charge in [-0.3, -0.25) is 4.79 Å². The molecule has 1 N–H and O–H groups in total. The molecule has 3 rings (SSSR count). The summed E-state index contributed by atoms with van der Waals surface area (Å²) in [5, 5.41) is 7.20. The molecule has 0 saturated heterocycles. The molecule has 0 unspecified atom stereocenters. The second-order valence-electron chi connectivity index (χ2n) is 5.72. The molecule has 2 aromatic carbocycles. The third-order valence-corrected chi connectivity index (χ3v) is 4.40. The van der Waals surface area contributed by atoms with Crippen molar-refractivity contribution in [1.82, 2.24) is 5.16 Å². The zero-order valence-electron chi connectivity index (χ0n) is 14.2. The van der Waals surface area contributed by atoms with Gasteiger partial charge in [-0.1, -0.05) is 46.6 Å². The topological polar surface area (TPSA) is 64.4 Å². The Labute approximate surface area is 160 Å². The zero-order chi connectivity index (χ0) is 18.7. The fourth-order valence-corrected chi connectivity index (χ4v) is 2.88. The van der Waals surface area contributed by atoms with Gasteiger partial charge < -0.3 is 14.6 Å². The number of nitrogens with zero attached hydrogens (tertiary/aromatic N) is 1. The van der Waals surface area contributed by atoms with Gasteiger partial charge in [-0.15, -0.1) is 0 Å². The number of benzene rings is 2. The summed E-state index contributed by atoms with van der Waals surface area (Å²) in [4.78, 5) is 12.6. The average molecular weight is 391 g/mol. The molecule has 0 aliphatic carbocycles. The van der Waals surface area contributed by atoms with Gasteiger partial charge in [-0.25, -0.2) is 0 Å². The van der Waals surface area contributed by atoms with E-state index in [1.807, 2.05) is 31.2 Å². The van der Waals surface area contributed by atoms with Crippen LogP contribution in [0.3, 0.4) is 0 Å². The smallest absolute Gasteiger partial charge is 0.278 e. The quantitative estimate of drug-likeness (QED) is 0.630. The van der Waals surface area contributed by atoms with Crippen LogP contribution >= 0.6 is 23.2 Å². The highest BCUT2D eigenvalue weighted by atomic mass is 35.5. The van der Waals surface area contributed by atoms with Crippen molar-refractivity contribution in [3.63, 3.8) is 0 Å².